The van der Waals surface area contributed by atoms with Crippen molar-refractivity contribution in [2.45, 2.75) is 6.92 Å². The Morgan fingerprint density at radius 3 is 2.54 bits per heavy atom. The maximum absolute atomic E-state index is 10.5. The lowest BCUT2D eigenvalue weighted by Crippen LogP contribution is -1.98. The van der Waals surface area contributed by atoms with E-state index in [-0.39, 0.29) is 5.88 Å². The molecule has 0 atom stereocenters. The third kappa shape index (κ3) is 2.65. The normalized spacial score (nSPS) is 10.0. The number of aromatic nitrogens is 3. The fourth-order valence-electron chi connectivity index (χ4n) is 2.35. The SMILES string of the molecule is Cc1nn(-c2ccc(N=C=O)cn2)c(O)c1-c1ccc(C#N)cc1. The topological polar surface area (TPSA) is 104 Å². The first-order valence-corrected chi connectivity index (χ1v) is 6.97. The van der Waals surface area contributed by atoms with E-state index in [4.69, 9.17) is 5.26 Å². The monoisotopic (exact) mass is 317 g/mol. The lowest BCUT2D eigenvalue weighted by Gasteiger charge is -2.03. The van der Waals surface area contributed by atoms with Gasteiger partial charge in [-0.25, -0.2) is 9.78 Å². The number of nitriles is 1. The van der Waals surface area contributed by atoms with Crippen molar-refractivity contribution in [3.05, 3.63) is 53.9 Å². The van der Waals surface area contributed by atoms with Crippen molar-refractivity contribution in [1.82, 2.24) is 14.8 Å². The van der Waals surface area contributed by atoms with Crippen LogP contribution in [-0.4, -0.2) is 26.0 Å². The fourth-order valence-corrected chi connectivity index (χ4v) is 2.35. The molecular formula is C17H11N5O2. The molecule has 1 aromatic carbocycles. The molecule has 2 heterocycles. The molecule has 116 valence electrons. The lowest BCUT2D eigenvalue weighted by molar-refractivity contribution is 0.433. The summed E-state index contributed by atoms with van der Waals surface area (Å²) in [6.07, 6.45) is 2.83. The van der Waals surface area contributed by atoms with Gasteiger partial charge in [-0.05, 0) is 36.8 Å². The highest BCUT2D eigenvalue weighted by atomic mass is 16.3. The van der Waals surface area contributed by atoms with Crippen LogP contribution < -0.4 is 0 Å². The van der Waals surface area contributed by atoms with E-state index >= 15 is 0 Å². The Balaban J connectivity index is 2.05. The summed E-state index contributed by atoms with van der Waals surface area (Å²) in [6, 6.07) is 12.1. The highest BCUT2D eigenvalue weighted by molar-refractivity contribution is 5.72. The van der Waals surface area contributed by atoms with Crippen molar-refractivity contribution >= 4 is 11.8 Å². The summed E-state index contributed by atoms with van der Waals surface area (Å²) in [5.74, 6) is 0.330. The van der Waals surface area contributed by atoms with Crippen molar-refractivity contribution in [2.75, 3.05) is 0 Å². The molecule has 0 aliphatic rings. The van der Waals surface area contributed by atoms with Gasteiger partial charge in [0.15, 0.2) is 5.82 Å². The van der Waals surface area contributed by atoms with Crippen LogP contribution in [0.2, 0.25) is 0 Å². The quantitative estimate of drug-likeness (QED) is 0.591. The van der Waals surface area contributed by atoms with Crippen molar-refractivity contribution in [3.8, 4) is 28.9 Å². The van der Waals surface area contributed by atoms with Gasteiger partial charge in [-0.3, -0.25) is 0 Å². The number of aliphatic imine (C=N–C) groups is 1. The van der Waals surface area contributed by atoms with Crippen molar-refractivity contribution in [3.63, 3.8) is 0 Å². The van der Waals surface area contributed by atoms with Crippen LogP contribution in [0.25, 0.3) is 16.9 Å². The van der Waals surface area contributed by atoms with Crippen LogP contribution in [0.5, 0.6) is 5.88 Å². The summed E-state index contributed by atoms with van der Waals surface area (Å²) in [4.78, 5) is 17.8. The number of carbonyl (C=O) groups excluding carboxylic acids is 1. The molecule has 0 saturated carbocycles. The van der Waals surface area contributed by atoms with Gasteiger partial charge in [0.05, 0.1) is 34.8 Å². The van der Waals surface area contributed by atoms with Gasteiger partial charge < -0.3 is 5.11 Å². The highest BCUT2D eigenvalue weighted by Crippen LogP contribution is 2.34. The average Bonchev–Trinajstić information content (AvgIpc) is 2.90. The molecule has 7 heteroatoms. The summed E-state index contributed by atoms with van der Waals surface area (Å²) >= 11 is 0. The molecule has 0 unspecified atom stereocenters. The van der Waals surface area contributed by atoms with Crippen LogP contribution >= 0.6 is 0 Å². The first-order chi connectivity index (χ1) is 11.6. The third-order valence-electron chi connectivity index (χ3n) is 3.46. The molecule has 0 fully saturated rings. The first kappa shape index (κ1) is 15.2. The van der Waals surface area contributed by atoms with Crippen LogP contribution in [-0.2, 0) is 4.79 Å². The number of benzene rings is 1. The predicted molar refractivity (Wildman–Crippen MR) is 85.7 cm³/mol. The Morgan fingerprint density at radius 2 is 1.96 bits per heavy atom. The van der Waals surface area contributed by atoms with E-state index in [9.17, 15) is 9.90 Å². The van der Waals surface area contributed by atoms with E-state index in [0.717, 1.165) is 5.56 Å². The maximum atomic E-state index is 10.5. The Labute approximate surface area is 137 Å². The van der Waals surface area contributed by atoms with Crippen molar-refractivity contribution in [2.24, 2.45) is 4.99 Å². The lowest BCUT2D eigenvalue weighted by atomic mass is 10.0. The van der Waals surface area contributed by atoms with E-state index in [1.807, 2.05) is 0 Å². The number of hydrogen-bond acceptors (Lipinski definition) is 6. The van der Waals surface area contributed by atoms with Gasteiger partial charge in [-0.1, -0.05) is 12.1 Å². The van der Waals surface area contributed by atoms with Crippen LogP contribution in [0.4, 0.5) is 5.69 Å². The largest absolute Gasteiger partial charge is 0.493 e. The zero-order chi connectivity index (χ0) is 17.1. The summed E-state index contributed by atoms with van der Waals surface area (Å²) in [7, 11) is 0. The molecule has 3 aromatic rings. The number of isocyanates is 1. The van der Waals surface area contributed by atoms with Gasteiger partial charge in [-0.2, -0.15) is 20.0 Å². The molecule has 0 aliphatic heterocycles. The smallest absolute Gasteiger partial charge is 0.240 e. The summed E-state index contributed by atoms with van der Waals surface area (Å²) in [5, 5.41) is 23.7. The molecule has 0 spiro atoms. The highest BCUT2D eigenvalue weighted by Gasteiger charge is 2.18. The molecule has 2 aromatic heterocycles. The van der Waals surface area contributed by atoms with E-state index in [0.29, 0.717) is 28.3 Å². The second-order valence-electron chi connectivity index (χ2n) is 4.96. The molecule has 1 N–H and O–H groups in total. The molecule has 0 amide bonds. The van der Waals surface area contributed by atoms with E-state index < -0.39 is 0 Å². The van der Waals surface area contributed by atoms with E-state index in [1.165, 1.54) is 17.0 Å². The second kappa shape index (κ2) is 6.16. The minimum Gasteiger partial charge on any atom is -0.493 e. The van der Waals surface area contributed by atoms with Gasteiger partial charge in [0.2, 0.25) is 12.0 Å². The van der Waals surface area contributed by atoms with Gasteiger partial charge in [0, 0.05) is 0 Å². The van der Waals surface area contributed by atoms with Crippen LogP contribution in [0.15, 0.2) is 47.6 Å². The van der Waals surface area contributed by atoms with Gasteiger partial charge in [0.25, 0.3) is 0 Å². The summed E-state index contributed by atoms with van der Waals surface area (Å²) < 4.78 is 1.30. The van der Waals surface area contributed by atoms with Crippen molar-refractivity contribution < 1.29 is 9.90 Å². The number of hydrogen-bond donors (Lipinski definition) is 1. The molecule has 3 rings (SSSR count). The minimum absolute atomic E-state index is 0.0589. The van der Waals surface area contributed by atoms with E-state index in [1.54, 1.807) is 43.3 Å². The number of nitrogens with zero attached hydrogens (tertiary/aromatic N) is 5. The maximum Gasteiger partial charge on any atom is 0.240 e. The Bertz CT molecular complexity index is 976. The first-order valence-electron chi connectivity index (χ1n) is 6.97. The Morgan fingerprint density at radius 1 is 1.21 bits per heavy atom. The standard InChI is InChI=1S/C17H11N5O2/c1-11-16(13-4-2-12(8-18)3-5-13)17(24)22(21-11)15-7-6-14(9-19-15)20-10-23/h2-7,9,24H,1H3. The molecule has 0 saturated heterocycles. The second-order valence-corrected chi connectivity index (χ2v) is 4.96. The third-order valence-corrected chi connectivity index (χ3v) is 3.46. The van der Waals surface area contributed by atoms with Crippen LogP contribution in [0, 0.1) is 18.3 Å². The molecular weight excluding hydrogens is 306 g/mol. The Hall–Kier alpha value is -3.75. The Kier molecular flexibility index (Phi) is 3.89. The molecule has 0 radical (unpaired) electrons. The van der Waals surface area contributed by atoms with Gasteiger partial charge >= 0.3 is 0 Å². The van der Waals surface area contributed by atoms with Gasteiger partial charge in [0.1, 0.15) is 0 Å². The molecule has 7 nitrogen and oxygen atoms in total. The van der Waals surface area contributed by atoms with Crippen LogP contribution in [0.1, 0.15) is 11.3 Å². The van der Waals surface area contributed by atoms with Gasteiger partial charge in [-0.15, -0.1) is 0 Å². The molecule has 0 bridgehead atoms. The molecule has 0 aliphatic carbocycles. The summed E-state index contributed by atoms with van der Waals surface area (Å²) in [5.41, 5.74) is 2.84. The van der Waals surface area contributed by atoms with E-state index in [2.05, 4.69) is 21.1 Å². The zero-order valence-corrected chi connectivity index (χ0v) is 12.6. The summed E-state index contributed by atoms with van der Waals surface area (Å²) in [6.45, 7) is 1.77. The molecule has 24 heavy (non-hydrogen) atoms. The minimum atomic E-state index is -0.0589. The average molecular weight is 317 g/mol. The number of rotatable bonds is 3. The fraction of sp³-hybridized carbons (Fsp3) is 0.0588. The van der Waals surface area contributed by atoms with Crippen LogP contribution in [0.3, 0.4) is 0 Å². The number of pyridine rings is 1. The number of aromatic hydroxyl groups is 1. The number of aryl methyl sites for hydroxylation is 1. The van der Waals surface area contributed by atoms with Crippen molar-refractivity contribution in [1.29, 1.82) is 5.26 Å². The predicted octanol–water partition coefficient (Wildman–Crippen LogP) is 2.79. The zero-order valence-electron chi connectivity index (χ0n) is 12.6.